The summed E-state index contributed by atoms with van der Waals surface area (Å²) in [6.07, 6.45) is 0.808. The maximum Gasteiger partial charge on any atom is 0.253 e. The molecule has 0 saturated heterocycles. The fraction of sp³-hybridized carbons (Fsp3) is 0.333. The van der Waals surface area contributed by atoms with Crippen molar-refractivity contribution >= 4 is 31.4 Å². The van der Waals surface area contributed by atoms with Gasteiger partial charge in [0.05, 0.1) is 27.2 Å². The van der Waals surface area contributed by atoms with E-state index in [2.05, 4.69) is 0 Å². The lowest BCUT2D eigenvalue weighted by atomic mass is 9.99. The minimum absolute atomic E-state index is 0.0233. The molecule has 0 bridgehead atoms. The van der Waals surface area contributed by atoms with Crippen LogP contribution in [0.1, 0.15) is 52.1 Å². The highest BCUT2D eigenvalue weighted by molar-refractivity contribution is 7.92. The second kappa shape index (κ2) is 12.7. The van der Waals surface area contributed by atoms with Crippen LogP contribution in [0.2, 0.25) is 0 Å². The summed E-state index contributed by atoms with van der Waals surface area (Å²) >= 11 is 0. The second-order valence-electron chi connectivity index (χ2n) is 9.71. The van der Waals surface area contributed by atoms with Gasteiger partial charge in [-0.15, -0.1) is 0 Å². The van der Waals surface area contributed by atoms with Crippen molar-refractivity contribution in [2.24, 2.45) is 5.92 Å². The third-order valence-electron chi connectivity index (χ3n) is 6.55. The molecule has 208 valence electrons. The predicted octanol–water partition coefficient (Wildman–Crippen LogP) is 4.92. The fourth-order valence-electron chi connectivity index (χ4n) is 4.28. The molecule has 0 fully saturated rings. The number of amides is 1. The molecule has 3 aromatic carbocycles. The highest BCUT2D eigenvalue weighted by Gasteiger charge is 2.33. The van der Waals surface area contributed by atoms with Gasteiger partial charge in [-0.05, 0) is 63.6 Å². The Hall–Kier alpha value is -3.30. The summed E-state index contributed by atoms with van der Waals surface area (Å²) in [5, 5.41) is 0. The van der Waals surface area contributed by atoms with Crippen LogP contribution in [0.25, 0.3) is 0 Å². The van der Waals surface area contributed by atoms with Crippen molar-refractivity contribution < 1.29 is 26.4 Å². The summed E-state index contributed by atoms with van der Waals surface area (Å²) in [7, 11) is -7.96. The zero-order chi connectivity index (χ0) is 28.8. The Morgan fingerprint density at radius 2 is 1.08 bits per heavy atom. The van der Waals surface area contributed by atoms with Crippen molar-refractivity contribution in [3.8, 4) is 0 Å². The van der Waals surface area contributed by atoms with Gasteiger partial charge in [-0.2, -0.15) is 0 Å². The number of Topliss-reactive ketones (excluding diaryl/α,β-unsaturated/α-hetero) is 1. The lowest BCUT2D eigenvalue weighted by molar-refractivity contribution is 0.0763. The quantitative estimate of drug-likeness (QED) is 0.287. The number of hydrogen-bond donors (Lipinski definition) is 0. The molecule has 0 saturated carbocycles. The van der Waals surface area contributed by atoms with Crippen molar-refractivity contribution in [3.63, 3.8) is 0 Å². The molecule has 0 radical (unpaired) electrons. The van der Waals surface area contributed by atoms with Gasteiger partial charge >= 0.3 is 0 Å². The molecular formula is C30H35NO6S2. The Balaban J connectivity index is 1.96. The van der Waals surface area contributed by atoms with Gasteiger partial charge in [0, 0.05) is 24.2 Å². The minimum Gasteiger partial charge on any atom is -0.339 e. The maximum atomic E-state index is 13.6. The molecular weight excluding hydrogens is 534 g/mol. The Morgan fingerprint density at radius 1 is 0.667 bits per heavy atom. The van der Waals surface area contributed by atoms with Crippen LogP contribution in [0.5, 0.6) is 0 Å². The molecule has 0 aliphatic rings. The van der Waals surface area contributed by atoms with Crippen LogP contribution in [-0.4, -0.2) is 58.0 Å². The van der Waals surface area contributed by atoms with E-state index in [1.165, 1.54) is 48.5 Å². The topological polar surface area (TPSA) is 106 Å². The van der Waals surface area contributed by atoms with Gasteiger partial charge in [-0.25, -0.2) is 16.8 Å². The number of carbonyl (C=O) groups is 2. The molecule has 0 aromatic heterocycles. The van der Waals surface area contributed by atoms with Crippen molar-refractivity contribution in [1.82, 2.24) is 4.90 Å². The molecule has 0 aliphatic carbocycles. The molecule has 39 heavy (non-hydrogen) atoms. The van der Waals surface area contributed by atoms with Crippen LogP contribution < -0.4 is 0 Å². The van der Waals surface area contributed by atoms with E-state index in [0.29, 0.717) is 18.7 Å². The van der Waals surface area contributed by atoms with Gasteiger partial charge in [0.25, 0.3) is 5.91 Å². The highest BCUT2D eigenvalue weighted by atomic mass is 32.2. The first-order chi connectivity index (χ1) is 18.4. The number of benzene rings is 3. The van der Waals surface area contributed by atoms with E-state index in [4.69, 9.17) is 0 Å². The van der Waals surface area contributed by atoms with Crippen LogP contribution >= 0.6 is 0 Å². The number of sulfone groups is 2. The van der Waals surface area contributed by atoms with E-state index in [9.17, 15) is 26.4 Å². The van der Waals surface area contributed by atoms with Crippen LogP contribution in [0.15, 0.2) is 82.6 Å². The van der Waals surface area contributed by atoms with E-state index >= 15 is 0 Å². The van der Waals surface area contributed by atoms with Gasteiger partial charge in [-0.3, -0.25) is 9.59 Å². The van der Waals surface area contributed by atoms with Crippen molar-refractivity contribution in [1.29, 1.82) is 0 Å². The molecule has 1 amide bonds. The van der Waals surface area contributed by atoms with E-state index in [1.54, 1.807) is 29.2 Å². The number of nitrogens with zero attached hydrogens (tertiary/aromatic N) is 1. The average molecular weight is 570 g/mol. The lowest BCUT2D eigenvalue weighted by Crippen LogP contribution is -2.32. The van der Waals surface area contributed by atoms with Gasteiger partial charge in [0.15, 0.2) is 25.5 Å². The molecule has 0 unspecified atom stereocenters. The van der Waals surface area contributed by atoms with E-state index in [0.717, 1.165) is 17.5 Å². The molecule has 0 heterocycles. The Morgan fingerprint density at radius 3 is 1.46 bits per heavy atom. The summed E-state index contributed by atoms with van der Waals surface area (Å²) in [6, 6.07) is 18.4. The SMILES string of the molecule is CCCN(CC)C(=O)c1ccc(C(=O)C(CS(=O)(=O)c2ccc(C)cc2)CS(=O)(=O)c2ccc(C)cc2)cc1. The third kappa shape index (κ3) is 7.64. The summed E-state index contributed by atoms with van der Waals surface area (Å²) < 4.78 is 53.1. The van der Waals surface area contributed by atoms with Crippen molar-refractivity contribution in [2.75, 3.05) is 24.6 Å². The Kier molecular flexibility index (Phi) is 9.85. The normalized spacial score (nSPS) is 11.9. The molecule has 3 rings (SSSR count). The number of hydrogen-bond acceptors (Lipinski definition) is 6. The van der Waals surface area contributed by atoms with Gasteiger partial charge in [-0.1, -0.05) is 54.4 Å². The summed E-state index contributed by atoms with van der Waals surface area (Å²) in [4.78, 5) is 28.2. The smallest absolute Gasteiger partial charge is 0.253 e. The molecule has 0 atom stereocenters. The van der Waals surface area contributed by atoms with Gasteiger partial charge in [0.2, 0.25) is 0 Å². The predicted molar refractivity (Wildman–Crippen MR) is 153 cm³/mol. The third-order valence-corrected chi connectivity index (χ3v) is 10.2. The number of rotatable bonds is 12. The molecule has 0 N–H and O–H groups in total. The summed E-state index contributed by atoms with van der Waals surface area (Å²) in [6.45, 7) is 8.67. The number of aryl methyl sites for hydroxylation is 2. The molecule has 9 heteroatoms. The van der Waals surface area contributed by atoms with E-state index in [-0.39, 0.29) is 21.3 Å². The number of ketones is 1. The Bertz CT molecular complexity index is 1430. The van der Waals surface area contributed by atoms with Crippen LogP contribution in [-0.2, 0) is 19.7 Å². The zero-order valence-electron chi connectivity index (χ0n) is 22.8. The molecule has 3 aromatic rings. The first kappa shape index (κ1) is 30.2. The maximum absolute atomic E-state index is 13.6. The summed E-state index contributed by atoms with van der Waals surface area (Å²) in [5.41, 5.74) is 2.30. The van der Waals surface area contributed by atoms with Gasteiger partial charge < -0.3 is 4.90 Å². The van der Waals surface area contributed by atoms with Crippen LogP contribution in [0.3, 0.4) is 0 Å². The molecule has 7 nitrogen and oxygen atoms in total. The highest BCUT2D eigenvalue weighted by Crippen LogP contribution is 2.23. The molecule has 0 spiro atoms. The van der Waals surface area contributed by atoms with Crippen molar-refractivity contribution in [2.45, 2.75) is 43.9 Å². The van der Waals surface area contributed by atoms with Gasteiger partial charge in [0.1, 0.15) is 0 Å². The second-order valence-corrected chi connectivity index (χ2v) is 13.8. The lowest BCUT2D eigenvalue weighted by Gasteiger charge is -2.20. The average Bonchev–Trinajstić information content (AvgIpc) is 2.91. The minimum atomic E-state index is -3.98. The standard InChI is InChI=1S/C30H35NO6S2/c1-5-19-31(6-2)30(33)25-13-11-24(12-14-25)29(32)26(20-38(34,35)27-15-7-22(3)8-16-27)21-39(36,37)28-17-9-23(4)10-18-28/h7-18,26H,5-6,19-21H2,1-4H3. The molecule has 0 aliphatic heterocycles. The Labute approximate surface area is 231 Å². The largest absolute Gasteiger partial charge is 0.339 e. The van der Waals surface area contributed by atoms with Crippen molar-refractivity contribution in [3.05, 3.63) is 95.1 Å². The first-order valence-corrected chi connectivity index (χ1v) is 16.2. The van der Waals surface area contributed by atoms with E-state index in [1.807, 2.05) is 27.7 Å². The number of carbonyl (C=O) groups excluding carboxylic acids is 2. The summed E-state index contributed by atoms with van der Waals surface area (Å²) in [5.74, 6) is -3.46. The van der Waals surface area contributed by atoms with E-state index < -0.39 is 42.9 Å². The zero-order valence-corrected chi connectivity index (χ0v) is 24.4. The fourth-order valence-corrected chi connectivity index (χ4v) is 7.51. The first-order valence-electron chi connectivity index (χ1n) is 12.9. The van der Waals surface area contributed by atoms with Crippen LogP contribution in [0.4, 0.5) is 0 Å². The van der Waals surface area contributed by atoms with Crippen LogP contribution in [0, 0.1) is 19.8 Å². The monoisotopic (exact) mass is 569 g/mol.